The summed E-state index contributed by atoms with van der Waals surface area (Å²) in [7, 11) is 0. The Hall–Kier alpha value is -1.03. The number of aryl methyl sites for hydroxylation is 1. The topological polar surface area (TPSA) is 38.4 Å². The maximum Gasteiger partial charge on any atom is 0.155 e. The maximum atomic E-state index is 14.2. The van der Waals surface area contributed by atoms with E-state index in [0.29, 0.717) is 10.7 Å². The SMILES string of the molecule is Cc1ccc(F)c(C2(C)CC3(CCC3)SC(N)=N2)c1. The predicted molar refractivity (Wildman–Crippen MR) is 78.9 cm³/mol. The van der Waals surface area contributed by atoms with E-state index < -0.39 is 5.54 Å². The molecule has 1 aliphatic carbocycles. The molecule has 4 heteroatoms. The number of nitrogens with zero attached hydrogens (tertiary/aromatic N) is 1. The minimum absolute atomic E-state index is 0.175. The fourth-order valence-corrected chi connectivity index (χ4v) is 4.78. The van der Waals surface area contributed by atoms with Crippen molar-refractivity contribution in [3.8, 4) is 0 Å². The molecule has 1 aromatic carbocycles. The second kappa shape index (κ2) is 4.23. The van der Waals surface area contributed by atoms with Gasteiger partial charge in [0.15, 0.2) is 5.17 Å². The van der Waals surface area contributed by atoms with Gasteiger partial charge in [0, 0.05) is 10.3 Å². The number of hydrogen-bond donors (Lipinski definition) is 1. The van der Waals surface area contributed by atoms with Gasteiger partial charge >= 0.3 is 0 Å². The van der Waals surface area contributed by atoms with Crippen LogP contribution < -0.4 is 5.73 Å². The average Bonchev–Trinajstić information content (AvgIpc) is 2.29. The molecule has 2 nitrogen and oxygen atoms in total. The monoisotopic (exact) mass is 278 g/mol. The minimum atomic E-state index is -0.522. The van der Waals surface area contributed by atoms with Crippen LogP contribution in [-0.4, -0.2) is 9.91 Å². The van der Waals surface area contributed by atoms with E-state index in [1.54, 1.807) is 17.8 Å². The molecule has 1 spiro atoms. The summed E-state index contributed by atoms with van der Waals surface area (Å²) in [6, 6.07) is 5.25. The highest BCUT2D eigenvalue weighted by Crippen LogP contribution is 2.55. The highest BCUT2D eigenvalue weighted by Gasteiger charge is 2.48. The van der Waals surface area contributed by atoms with Crippen molar-refractivity contribution in [2.45, 2.75) is 49.8 Å². The van der Waals surface area contributed by atoms with Gasteiger partial charge in [0.2, 0.25) is 0 Å². The molecule has 0 bridgehead atoms. The van der Waals surface area contributed by atoms with Crippen molar-refractivity contribution < 1.29 is 4.39 Å². The van der Waals surface area contributed by atoms with Gasteiger partial charge in [-0.2, -0.15) is 0 Å². The number of amidine groups is 1. The normalized spacial score (nSPS) is 28.9. The molecule has 19 heavy (non-hydrogen) atoms. The number of rotatable bonds is 1. The predicted octanol–water partition coefficient (Wildman–Crippen LogP) is 3.72. The van der Waals surface area contributed by atoms with Crippen LogP contribution in [-0.2, 0) is 5.54 Å². The Morgan fingerprint density at radius 3 is 2.74 bits per heavy atom. The van der Waals surface area contributed by atoms with Gasteiger partial charge in [-0.15, -0.1) is 0 Å². The van der Waals surface area contributed by atoms with E-state index in [4.69, 9.17) is 5.73 Å². The zero-order chi connectivity index (χ0) is 13.7. The van der Waals surface area contributed by atoms with Gasteiger partial charge in [-0.1, -0.05) is 35.9 Å². The van der Waals surface area contributed by atoms with E-state index in [9.17, 15) is 4.39 Å². The smallest absolute Gasteiger partial charge is 0.155 e. The third-order valence-corrected chi connectivity index (χ3v) is 5.60. The third kappa shape index (κ3) is 2.16. The largest absolute Gasteiger partial charge is 0.378 e. The number of benzene rings is 1. The fraction of sp³-hybridized carbons (Fsp3) is 0.533. The van der Waals surface area contributed by atoms with Gasteiger partial charge in [-0.05, 0) is 39.2 Å². The molecule has 1 aromatic rings. The number of aliphatic imine (C=N–C) groups is 1. The Morgan fingerprint density at radius 2 is 2.11 bits per heavy atom. The molecule has 2 N–H and O–H groups in total. The lowest BCUT2D eigenvalue weighted by atomic mass is 9.73. The van der Waals surface area contributed by atoms with E-state index in [1.807, 2.05) is 19.9 Å². The number of nitrogens with two attached hydrogens (primary N) is 1. The first-order valence-corrected chi connectivity index (χ1v) is 7.55. The molecule has 0 amide bonds. The van der Waals surface area contributed by atoms with Crippen molar-refractivity contribution in [1.82, 2.24) is 0 Å². The van der Waals surface area contributed by atoms with Gasteiger partial charge in [-0.25, -0.2) is 4.39 Å². The van der Waals surface area contributed by atoms with Crippen LogP contribution in [0.5, 0.6) is 0 Å². The van der Waals surface area contributed by atoms with E-state index in [0.717, 1.165) is 24.8 Å². The molecule has 1 fully saturated rings. The minimum Gasteiger partial charge on any atom is -0.378 e. The van der Waals surface area contributed by atoms with E-state index >= 15 is 0 Å². The number of thioether (sulfide) groups is 1. The first-order chi connectivity index (χ1) is 8.92. The van der Waals surface area contributed by atoms with Gasteiger partial charge in [0.05, 0.1) is 5.54 Å². The van der Waals surface area contributed by atoms with Crippen molar-refractivity contribution >= 4 is 16.9 Å². The van der Waals surface area contributed by atoms with Gasteiger partial charge in [-0.3, -0.25) is 4.99 Å². The summed E-state index contributed by atoms with van der Waals surface area (Å²) in [6.45, 7) is 3.99. The Bertz CT molecular complexity index is 551. The summed E-state index contributed by atoms with van der Waals surface area (Å²) in [5, 5.41) is 0.606. The van der Waals surface area contributed by atoms with Gasteiger partial charge in [0.1, 0.15) is 5.82 Å². The molecular formula is C15H19FN2S. The number of hydrogen-bond acceptors (Lipinski definition) is 3. The summed E-state index contributed by atoms with van der Waals surface area (Å²) < 4.78 is 14.4. The van der Waals surface area contributed by atoms with E-state index in [2.05, 4.69) is 4.99 Å². The van der Waals surface area contributed by atoms with Crippen molar-refractivity contribution in [3.05, 3.63) is 35.1 Å². The van der Waals surface area contributed by atoms with Crippen LogP contribution in [0.15, 0.2) is 23.2 Å². The molecule has 3 rings (SSSR count). The Balaban J connectivity index is 2.06. The van der Waals surface area contributed by atoms with Crippen LogP contribution in [0.25, 0.3) is 0 Å². The fourth-order valence-electron chi connectivity index (χ4n) is 3.25. The quantitative estimate of drug-likeness (QED) is 0.850. The second-order valence-electron chi connectivity index (χ2n) is 6.02. The Labute approximate surface area is 117 Å². The summed E-state index contributed by atoms with van der Waals surface area (Å²) in [6.07, 6.45) is 4.45. The molecule has 2 aliphatic rings. The Morgan fingerprint density at radius 1 is 1.37 bits per heavy atom. The van der Waals surface area contributed by atoms with Crippen LogP contribution in [0, 0.1) is 12.7 Å². The van der Waals surface area contributed by atoms with E-state index in [1.165, 1.54) is 12.5 Å². The Kier molecular flexibility index (Phi) is 2.89. The first-order valence-electron chi connectivity index (χ1n) is 6.74. The molecule has 102 valence electrons. The van der Waals surface area contributed by atoms with Crippen LogP contribution in [0.4, 0.5) is 4.39 Å². The highest BCUT2D eigenvalue weighted by atomic mass is 32.2. The summed E-state index contributed by atoms with van der Waals surface area (Å²) in [5.74, 6) is -0.175. The lowest BCUT2D eigenvalue weighted by Crippen LogP contribution is -2.46. The van der Waals surface area contributed by atoms with E-state index in [-0.39, 0.29) is 10.6 Å². The molecule has 0 saturated heterocycles. The lowest BCUT2D eigenvalue weighted by Gasteiger charge is -2.48. The molecule has 1 saturated carbocycles. The molecule has 0 aromatic heterocycles. The van der Waals surface area contributed by atoms with Crippen LogP contribution in [0.3, 0.4) is 0 Å². The van der Waals surface area contributed by atoms with Crippen LogP contribution in [0.2, 0.25) is 0 Å². The summed E-state index contributed by atoms with van der Waals surface area (Å²) >= 11 is 1.69. The van der Waals surface area contributed by atoms with Crippen molar-refractivity contribution in [1.29, 1.82) is 0 Å². The standard InChI is InChI=1S/C15H19FN2S/c1-10-4-5-12(16)11(8-10)14(2)9-15(6-3-7-15)19-13(17)18-14/h4-5,8H,3,6-7,9H2,1-2H3,(H2,17,18). The molecule has 1 atom stereocenters. The first kappa shape index (κ1) is 13.0. The molecular weight excluding hydrogens is 259 g/mol. The molecule has 1 heterocycles. The number of halogens is 1. The van der Waals surface area contributed by atoms with Crippen LogP contribution >= 0.6 is 11.8 Å². The zero-order valence-corrected chi connectivity index (χ0v) is 12.2. The maximum absolute atomic E-state index is 14.2. The lowest BCUT2D eigenvalue weighted by molar-refractivity contribution is 0.267. The van der Waals surface area contributed by atoms with Crippen molar-refractivity contribution in [2.75, 3.05) is 0 Å². The molecule has 1 unspecified atom stereocenters. The van der Waals surface area contributed by atoms with Crippen molar-refractivity contribution in [3.63, 3.8) is 0 Å². The average molecular weight is 278 g/mol. The van der Waals surface area contributed by atoms with Crippen molar-refractivity contribution in [2.24, 2.45) is 10.7 Å². The van der Waals surface area contributed by atoms with Crippen LogP contribution in [0.1, 0.15) is 43.7 Å². The second-order valence-corrected chi connectivity index (χ2v) is 7.51. The van der Waals surface area contributed by atoms with Gasteiger partial charge < -0.3 is 5.73 Å². The molecule has 1 aliphatic heterocycles. The summed E-state index contributed by atoms with van der Waals surface area (Å²) in [5.41, 5.74) is 7.23. The van der Waals surface area contributed by atoms with Gasteiger partial charge in [0.25, 0.3) is 0 Å². The zero-order valence-electron chi connectivity index (χ0n) is 11.4. The third-order valence-electron chi connectivity index (χ3n) is 4.31. The highest BCUT2D eigenvalue weighted by molar-refractivity contribution is 8.15. The summed E-state index contributed by atoms with van der Waals surface area (Å²) in [4.78, 5) is 4.58. The molecule has 0 radical (unpaired) electrons.